The van der Waals surface area contributed by atoms with Crippen molar-refractivity contribution in [2.75, 3.05) is 0 Å². The van der Waals surface area contributed by atoms with Crippen LogP contribution in [-0.4, -0.2) is 3.21 Å². The minimum absolute atomic E-state index is 0. The first-order chi connectivity index (χ1) is 24.7. The summed E-state index contributed by atoms with van der Waals surface area (Å²) in [6, 6.07) is 59.2. The van der Waals surface area contributed by atoms with Crippen molar-refractivity contribution >= 4 is 67.8 Å². The Morgan fingerprint density at radius 1 is 0.500 bits per heavy atom. The van der Waals surface area contributed by atoms with Crippen LogP contribution in [0.3, 0.4) is 0 Å². The maximum atomic E-state index is 2.99. The van der Waals surface area contributed by atoms with E-state index in [2.05, 4.69) is 176 Å². The summed E-state index contributed by atoms with van der Waals surface area (Å²) in [7, 11) is 0. The number of hydrogen-bond donors (Lipinski definition) is 0. The monoisotopic (exact) mass is 784 g/mol. The molecular formula is C49H36Cl2Zr-2. The van der Waals surface area contributed by atoms with Gasteiger partial charge in [-0.15, -0.1) is 40.1 Å². The summed E-state index contributed by atoms with van der Waals surface area (Å²) in [5, 5.41) is 16.3. The second-order valence-corrected chi connectivity index (χ2v) is 14.6. The molecule has 0 bridgehead atoms. The fraction of sp³-hybridized carbons (Fsp3) is 0.0612. The normalized spacial score (nSPS) is 11.6. The molecule has 0 spiro atoms. The third kappa shape index (κ3) is 7.79. The third-order valence-corrected chi connectivity index (χ3v) is 10.5. The van der Waals surface area contributed by atoms with Gasteiger partial charge in [-0.05, 0) is 10.8 Å². The van der Waals surface area contributed by atoms with E-state index in [4.69, 9.17) is 0 Å². The number of halogens is 2. The molecule has 0 atom stereocenters. The summed E-state index contributed by atoms with van der Waals surface area (Å²) in [6.45, 7) is 0. The number of allylic oxidation sites excluding steroid dienone is 4. The van der Waals surface area contributed by atoms with E-state index in [1.165, 1.54) is 100.0 Å². The predicted octanol–water partition coefficient (Wildman–Crippen LogP) is 6.83. The summed E-state index contributed by atoms with van der Waals surface area (Å²) in [5.41, 5.74) is 2.89. The summed E-state index contributed by atoms with van der Waals surface area (Å²) in [5.74, 6) is 0. The summed E-state index contributed by atoms with van der Waals surface area (Å²) < 4.78 is 1.59. The van der Waals surface area contributed by atoms with Gasteiger partial charge in [-0.25, -0.2) is 12.2 Å². The molecule has 0 unspecified atom stereocenters. The number of hydrogen-bond acceptors (Lipinski definition) is 0. The molecule has 0 nitrogen and oxygen atoms in total. The van der Waals surface area contributed by atoms with Gasteiger partial charge >= 0.3 is 158 Å². The molecular weight excluding hydrogens is 751 g/mol. The van der Waals surface area contributed by atoms with Gasteiger partial charge in [0, 0.05) is 0 Å². The Kier molecular flexibility index (Phi) is 12.4. The Hall–Kier alpha value is -4.52. The van der Waals surface area contributed by atoms with Gasteiger partial charge < -0.3 is 24.8 Å². The largest absolute Gasteiger partial charge is 0.126 e. The van der Waals surface area contributed by atoms with Gasteiger partial charge in [0.15, 0.2) is 0 Å². The van der Waals surface area contributed by atoms with E-state index >= 15 is 0 Å². The van der Waals surface area contributed by atoms with E-state index < -0.39 is 0 Å². The van der Waals surface area contributed by atoms with Crippen molar-refractivity contribution in [3.63, 3.8) is 0 Å². The van der Waals surface area contributed by atoms with Gasteiger partial charge in [-0.1, -0.05) is 77.5 Å². The first-order valence-corrected chi connectivity index (χ1v) is 18.6. The van der Waals surface area contributed by atoms with Crippen LogP contribution in [0.15, 0.2) is 182 Å². The molecule has 0 aliphatic heterocycles. The van der Waals surface area contributed by atoms with Gasteiger partial charge in [0.05, 0.1) is 0 Å². The maximum absolute atomic E-state index is 2.99. The Morgan fingerprint density at radius 2 is 0.962 bits per heavy atom. The topological polar surface area (TPSA) is 0 Å². The van der Waals surface area contributed by atoms with Gasteiger partial charge in [-0.3, -0.25) is 6.08 Å². The van der Waals surface area contributed by atoms with E-state index in [0.717, 1.165) is 19.3 Å². The second kappa shape index (κ2) is 17.3. The fourth-order valence-electron chi connectivity index (χ4n) is 7.37. The van der Waals surface area contributed by atoms with Crippen LogP contribution in [0.25, 0.3) is 64.6 Å². The Morgan fingerprint density at radius 3 is 1.50 bits per heavy atom. The molecule has 9 aromatic rings. The van der Waals surface area contributed by atoms with Crippen molar-refractivity contribution in [2.45, 2.75) is 19.3 Å². The molecule has 0 radical (unpaired) electrons. The van der Waals surface area contributed by atoms with Gasteiger partial charge in [0.2, 0.25) is 0 Å². The molecule has 0 N–H and O–H groups in total. The van der Waals surface area contributed by atoms with Gasteiger partial charge in [0.25, 0.3) is 0 Å². The van der Waals surface area contributed by atoms with Crippen LogP contribution in [0.2, 0.25) is 0 Å². The maximum Gasteiger partial charge on any atom is -0.0255 e. The average Bonchev–Trinajstić information content (AvgIpc) is 3.89. The van der Waals surface area contributed by atoms with Crippen LogP contribution in [-0.2, 0) is 37.1 Å². The van der Waals surface area contributed by atoms with Crippen molar-refractivity contribution < 1.29 is 49.0 Å². The molecule has 1 aliphatic carbocycles. The molecule has 9 aromatic carbocycles. The Balaban J connectivity index is 0.000000153. The van der Waals surface area contributed by atoms with Crippen LogP contribution < -0.4 is 24.8 Å². The summed E-state index contributed by atoms with van der Waals surface area (Å²) in [4.78, 5) is 0. The van der Waals surface area contributed by atoms with Crippen LogP contribution in [0.5, 0.6) is 0 Å². The van der Waals surface area contributed by atoms with Gasteiger partial charge in [-0.2, -0.15) is 6.08 Å². The minimum Gasteiger partial charge on any atom is -0.126 e. The molecule has 10 rings (SSSR count). The van der Waals surface area contributed by atoms with Crippen LogP contribution in [0, 0.1) is 6.08 Å². The van der Waals surface area contributed by atoms with Crippen LogP contribution >= 0.6 is 0 Å². The molecule has 0 saturated carbocycles. The first kappa shape index (κ1) is 37.2. The van der Waals surface area contributed by atoms with E-state index in [0.29, 0.717) is 0 Å². The van der Waals surface area contributed by atoms with Gasteiger partial charge in [0.1, 0.15) is 0 Å². The number of rotatable bonds is 4. The zero-order valence-electron chi connectivity index (χ0n) is 28.7. The molecule has 0 heterocycles. The zero-order valence-corrected chi connectivity index (χ0v) is 32.7. The molecule has 3 heteroatoms. The van der Waals surface area contributed by atoms with Crippen molar-refractivity contribution in [3.05, 3.63) is 199 Å². The second-order valence-electron chi connectivity index (χ2n) is 12.8. The Bertz CT molecular complexity index is 2610. The molecule has 0 aromatic heterocycles. The SMILES string of the molecule is [C-]1=CC=CC1.[Cl-].[Cl-].[Zr+2]=[C](Cc1cccc2ccccc12)Cc1cccc2ccccc12.c1ccc2c(c1)[cH-]c1c3ccccc3c3ccccc3c21. The van der Waals surface area contributed by atoms with E-state index in [1.807, 2.05) is 12.2 Å². The average molecular weight is 787 g/mol. The van der Waals surface area contributed by atoms with Crippen LogP contribution in [0.1, 0.15) is 17.5 Å². The molecule has 52 heavy (non-hydrogen) atoms. The van der Waals surface area contributed by atoms with Crippen molar-refractivity contribution in [2.24, 2.45) is 0 Å². The smallest absolute Gasteiger partial charge is 0.0255 e. The number of benzene rings is 8. The molecule has 0 amide bonds. The zero-order chi connectivity index (χ0) is 33.7. The standard InChI is InChI=1S/C23H18.C21H13.C5H5.2ClH.Zr/c1-3-16-22-18(8-1)10-5-12-20(22)14-7-15-21-13-6-11-19-9-2-4-17-23(19)21;1-2-8-15-14(7-1)13-20-18-11-4-3-9-16(18)17-10-5-6-12-19(17)21(15)20;1-2-4-5-3-1;;;/h1-6,8-13,16-17H,14-15H2;1-13H;1-3H,4H2;2*1H;/q;2*-1;;;+2/p-2. The van der Waals surface area contributed by atoms with Crippen molar-refractivity contribution in [1.29, 1.82) is 0 Å². The predicted molar refractivity (Wildman–Crippen MR) is 214 cm³/mol. The quantitative estimate of drug-likeness (QED) is 0.136. The summed E-state index contributed by atoms with van der Waals surface area (Å²) in [6.07, 6.45) is 12.1. The fourth-order valence-corrected chi connectivity index (χ4v) is 8.31. The molecule has 1 aliphatic rings. The molecule has 0 fully saturated rings. The number of fused-ring (bicyclic) bond motifs is 10. The summed E-state index contributed by atoms with van der Waals surface area (Å²) >= 11 is 1.53. The van der Waals surface area contributed by atoms with E-state index in [9.17, 15) is 0 Å². The Labute approximate surface area is 333 Å². The molecule has 252 valence electrons. The van der Waals surface area contributed by atoms with Crippen molar-refractivity contribution in [3.8, 4) is 0 Å². The third-order valence-electron chi connectivity index (χ3n) is 9.66. The van der Waals surface area contributed by atoms with Crippen LogP contribution in [0.4, 0.5) is 0 Å². The first-order valence-electron chi connectivity index (χ1n) is 17.3. The minimum atomic E-state index is 0. The van der Waals surface area contributed by atoms with E-state index in [1.54, 1.807) is 3.21 Å². The molecule has 0 saturated heterocycles. The van der Waals surface area contributed by atoms with Crippen molar-refractivity contribution in [1.82, 2.24) is 0 Å². The van der Waals surface area contributed by atoms with E-state index in [-0.39, 0.29) is 24.8 Å².